The molecule has 0 unspecified atom stereocenters. The van der Waals surface area contributed by atoms with Gasteiger partial charge in [-0.05, 0) is 34.7 Å². The van der Waals surface area contributed by atoms with Gasteiger partial charge in [0, 0.05) is 23.2 Å². The third-order valence-electron chi connectivity index (χ3n) is 4.19. The predicted molar refractivity (Wildman–Crippen MR) is 84.8 cm³/mol. The second-order valence-corrected chi connectivity index (χ2v) is 6.57. The van der Waals surface area contributed by atoms with Crippen LogP contribution in [0.15, 0.2) is 16.6 Å². The molecule has 0 aromatic heterocycles. The van der Waals surface area contributed by atoms with E-state index in [-0.39, 0.29) is 0 Å². The standard InChI is InChI=1S/C16H22BrNO2/c17-13-9-15-16(20-8-7-19-15)10-14(13)18-11-12-5-3-1-2-4-6-12/h9-10,12,18H,1-8,11H2. The quantitative estimate of drug-likeness (QED) is 0.816. The van der Waals surface area contributed by atoms with Gasteiger partial charge in [0.05, 0.1) is 5.69 Å². The smallest absolute Gasteiger partial charge is 0.163 e. The minimum absolute atomic E-state index is 0.633. The number of ether oxygens (including phenoxy) is 2. The molecule has 1 aromatic carbocycles. The molecule has 0 atom stereocenters. The van der Waals surface area contributed by atoms with Gasteiger partial charge in [0.1, 0.15) is 13.2 Å². The van der Waals surface area contributed by atoms with Crippen LogP contribution in [-0.4, -0.2) is 19.8 Å². The lowest BCUT2D eigenvalue weighted by Crippen LogP contribution is -2.17. The second kappa shape index (κ2) is 6.70. The highest BCUT2D eigenvalue weighted by Gasteiger charge is 2.16. The molecule has 110 valence electrons. The maximum Gasteiger partial charge on any atom is 0.163 e. The van der Waals surface area contributed by atoms with E-state index in [1.165, 1.54) is 38.5 Å². The van der Waals surface area contributed by atoms with Gasteiger partial charge in [0.15, 0.2) is 11.5 Å². The van der Waals surface area contributed by atoms with Crippen LogP contribution in [0.25, 0.3) is 0 Å². The van der Waals surface area contributed by atoms with E-state index in [0.717, 1.165) is 34.1 Å². The summed E-state index contributed by atoms with van der Waals surface area (Å²) in [5.41, 5.74) is 1.11. The molecule has 4 heteroatoms. The van der Waals surface area contributed by atoms with Gasteiger partial charge < -0.3 is 14.8 Å². The summed E-state index contributed by atoms with van der Waals surface area (Å²) in [6, 6.07) is 4.05. The van der Waals surface area contributed by atoms with E-state index in [2.05, 4.69) is 27.3 Å². The van der Waals surface area contributed by atoms with Crippen molar-refractivity contribution in [2.24, 2.45) is 5.92 Å². The molecule has 0 amide bonds. The van der Waals surface area contributed by atoms with Crippen molar-refractivity contribution in [3.05, 3.63) is 16.6 Å². The normalized spacial score (nSPS) is 19.4. The first-order valence-electron chi connectivity index (χ1n) is 7.66. The van der Waals surface area contributed by atoms with Gasteiger partial charge in [-0.25, -0.2) is 0 Å². The van der Waals surface area contributed by atoms with E-state index in [9.17, 15) is 0 Å². The Morgan fingerprint density at radius 2 is 1.65 bits per heavy atom. The lowest BCUT2D eigenvalue weighted by atomic mass is 10.0. The SMILES string of the molecule is Brc1cc2c(cc1NCC1CCCCCC1)OCCO2. The zero-order valence-corrected chi connectivity index (χ0v) is 13.4. The molecule has 1 heterocycles. The van der Waals surface area contributed by atoms with Crippen LogP contribution in [0.5, 0.6) is 11.5 Å². The lowest BCUT2D eigenvalue weighted by Gasteiger charge is -2.21. The summed E-state index contributed by atoms with van der Waals surface area (Å²) in [6.07, 6.45) is 8.29. The van der Waals surface area contributed by atoms with Crippen LogP contribution >= 0.6 is 15.9 Å². The Kier molecular flexibility index (Phi) is 4.71. The molecule has 1 saturated carbocycles. The van der Waals surface area contributed by atoms with Crippen molar-refractivity contribution >= 4 is 21.6 Å². The van der Waals surface area contributed by atoms with E-state index >= 15 is 0 Å². The van der Waals surface area contributed by atoms with E-state index in [1.54, 1.807) is 0 Å². The number of fused-ring (bicyclic) bond motifs is 1. The first kappa shape index (κ1) is 14.1. The van der Waals surface area contributed by atoms with Crippen LogP contribution < -0.4 is 14.8 Å². The summed E-state index contributed by atoms with van der Waals surface area (Å²) in [7, 11) is 0. The highest BCUT2D eigenvalue weighted by atomic mass is 79.9. The minimum atomic E-state index is 0.633. The molecule has 3 nitrogen and oxygen atoms in total. The van der Waals surface area contributed by atoms with Crippen molar-refractivity contribution < 1.29 is 9.47 Å². The van der Waals surface area contributed by atoms with Crippen molar-refractivity contribution in [1.29, 1.82) is 0 Å². The first-order valence-corrected chi connectivity index (χ1v) is 8.45. The molecule has 1 aromatic rings. The number of halogens is 1. The summed E-state index contributed by atoms with van der Waals surface area (Å²) in [4.78, 5) is 0. The molecule has 3 rings (SSSR count). The molecule has 1 aliphatic heterocycles. The van der Waals surface area contributed by atoms with E-state index in [4.69, 9.17) is 9.47 Å². The topological polar surface area (TPSA) is 30.5 Å². The van der Waals surface area contributed by atoms with Gasteiger partial charge >= 0.3 is 0 Å². The summed E-state index contributed by atoms with van der Waals surface area (Å²) in [5.74, 6) is 2.49. The molecule has 0 radical (unpaired) electrons. The molecular formula is C16H22BrNO2. The van der Waals surface area contributed by atoms with Gasteiger partial charge in [-0.2, -0.15) is 0 Å². The largest absolute Gasteiger partial charge is 0.486 e. The van der Waals surface area contributed by atoms with Crippen LogP contribution in [0.4, 0.5) is 5.69 Å². The Balaban J connectivity index is 1.64. The summed E-state index contributed by atoms with van der Waals surface area (Å²) in [5, 5.41) is 3.58. The molecular weight excluding hydrogens is 318 g/mol. The molecule has 2 aliphatic rings. The average molecular weight is 340 g/mol. The van der Waals surface area contributed by atoms with Crippen molar-refractivity contribution in [1.82, 2.24) is 0 Å². The lowest BCUT2D eigenvalue weighted by molar-refractivity contribution is 0.171. The van der Waals surface area contributed by atoms with Gasteiger partial charge in [0.25, 0.3) is 0 Å². The molecule has 1 N–H and O–H groups in total. The minimum Gasteiger partial charge on any atom is -0.486 e. The number of anilines is 1. The Morgan fingerprint density at radius 3 is 2.35 bits per heavy atom. The van der Waals surface area contributed by atoms with Crippen LogP contribution in [0.3, 0.4) is 0 Å². The third-order valence-corrected chi connectivity index (χ3v) is 4.84. The Labute approximate surface area is 129 Å². The third kappa shape index (κ3) is 3.40. The van der Waals surface area contributed by atoms with E-state index in [0.29, 0.717) is 13.2 Å². The van der Waals surface area contributed by atoms with Gasteiger partial charge in [-0.3, -0.25) is 0 Å². The molecule has 1 fully saturated rings. The zero-order valence-electron chi connectivity index (χ0n) is 11.8. The molecule has 1 aliphatic carbocycles. The maximum absolute atomic E-state index is 5.65. The number of hydrogen-bond donors (Lipinski definition) is 1. The van der Waals surface area contributed by atoms with E-state index < -0.39 is 0 Å². The Bertz CT molecular complexity index is 456. The molecule has 0 spiro atoms. The number of rotatable bonds is 3. The Hall–Kier alpha value is -0.900. The molecule has 20 heavy (non-hydrogen) atoms. The Morgan fingerprint density at radius 1 is 1.00 bits per heavy atom. The van der Waals surface area contributed by atoms with Crippen LogP contribution in [-0.2, 0) is 0 Å². The fourth-order valence-corrected chi connectivity index (χ4v) is 3.48. The fraction of sp³-hybridized carbons (Fsp3) is 0.625. The number of benzene rings is 1. The number of hydrogen-bond acceptors (Lipinski definition) is 3. The zero-order chi connectivity index (χ0) is 13.8. The average Bonchev–Trinajstić information content (AvgIpc) is 2.74. The van der Waals surface area contributed by atoms with Crippen LogP contribution in [0.2, 0.25) is 0 Å². The van der Waals surface area contributed by atoms with Crippen molar-refractivity contribution in [3.63, 3.8) is 0 Å². The monoisotopic (exact) mass is 339 g/mol. The highest BCUT2D eigenvalue weighted by Crippen LogP contribution is 2.38. The first-order chi connectivity index (χ1) is 9.83. The summed E-state index contributed by atoms with van der Waals surface area (Å²) >= 11 is 3.62. The van der Waals surface area contributed by atoms with Gasteiger partial charge in [-0.15, -0.1) is 0 Å². The van der Waals surface area contributed by atoms with Gasteiger partial charge in [0.2, 0.25) is 0 Å². The molecule has 0 saturated heterocycles. The second-order valence-electron chi connectivity index (χ2n) is 5.71. The fourth-order valence-electron chi connectivity index (χ4n) is 3.02. The maximum atomic E-state index is 5.65. The summed E-state index contributed by atoms with van der Waals surface area (Å²) in [6.45, 7) is 2.32. The predicted octanol–water partition coefficient (Wildman–Crippen LogP) is 4.60. The van der Waals surface area contributed by atoms with Crippen LogP contribution in [0.1, 0.15) is 38.5 Å². The number of nitrogens with one attached hydrogen (secondary N) is 1. The van der Waals surface area contributed by atoms with Crippen molar-refractivity contribution in [3.8, 4) is 11.5 Å². The van der Waals surface area contributed by atoms with Crippen molar-refractivity contribution in [2.45, 2.75) is 38.5 Å². The van der Waals surface area contributed by atoms with E-state index in [1.807, 2.05) is 6.07 Å². The van der Waals surface area contributed by atoms with Crippen LogP contribution in [0, 0.1) is 5.92 Å². The molecule has 0 bridgehead atoms. The van der Waals surface area contributed by atoms with Crippen molar-refractivity contribution in [2.75, 3.05) is 25.1 Å². The highest BCUT2D eigenvalue weighted by molar-refractivity contribution is 9.10. The van der Waals surface area contributed by atoms with Gasteiger partial charge in [-0.1, -0.05) is 25.7 Å². The summed E-state index contributed by atoms with van der Waals surface area (Å²) < 4.78 is 12.3.